The lowest BCUT2D eigenvalue weighted by Gasteiger charge is -2.24. The zero-order valence-corrected chi connectivity index (χ0v) is 18.2. The van der Waals surface area contributed by atoms with Crippen LogP contribution < -0.4 is 27.4 Å². The molecule has 0 radical (unpaired) electrons. The van der Waals surface area contributed by atoms with Gasteiger partial charge in [0.25, 0.3) is 0 Å². The molecule has 0 unspecified atom stereocenters. The number of hydrogen-bond donors (Lipinski definition) is 7. The van der Waals surface area contributed by atoms with Crippen molar-refractivity contribution < 1.29 is 34.2 Å². The molecule has 12 heteroatoms. The monoisotopic (exact) mass is 465 g/mol. The molecule has 0 fully saturated rings. The van der Waals surface area contributed by atoms with Gasteiger partial charge in [-0.25, -0.2) is 4.79 Å². The molecule has 0 saturated heterocycles. The number of hydrogen-bond acceptors (Lipinski definition) is 7. The Kier molecular flexibility index (Phi) is 12.1. The summed E-state index contributed by atoms with van der Waals surface area (Å²) in [7, 11) is 0. The molecule has 33 heavy (non-hydrogen) atoms. The molecule has 0 aromatic heterocycles. The third kappa shape index (κ3) is 10.6. The van der Waals surface area contributed by atoms with Gasteiger partial charge in [-0.2, -0.15) is 0 Å². The Hall–Kier alpha value is -3.51. The maximum absolute atomic E-state index is 12.9. The smallest absolute Gasteiger partial charge is 0.326 e. The highest BCUT2D eigenvalue weighted by atomic mass is 16.4. The number of carbonyl (C=O) groups is 5. The Bertz CT molecular complexity index is 818. The number of nitrogens with two attached hydrogens (primary N) is 2. The summed E-state index contributed by atoms with van der Waals surface area (Å²) in [5.74, 6) is -4.99. The number of benzene rings is 1. The maximum Gasteiger partial charge on any atom is 0.326 e. The average Bonchev–Trinajstić information content (AvgIpc) is 2.77. The molecule has 3 atom stereocenters. The number of amides is 3. The van der Waals surface area contributed by atoms with Crippen LogP contribution in [0.2, 0.25) is 0 Å². The van der Waals surface area contributed by atoms with Crippen LogP contribution in [0.5, 0.6) is 0 Å². The van der Waals surface area contributed by atoms with Gasteiger partial charge in [-0.05, 0) is 31.4 Å². The standard InChI is InChI=1S/C21H31N5O7/c22-9-5-4-8-14(21(32)33)25-19(30)15(10-13-6-2-1-3-7-13)26-20(31)16(11-18(28)29)24-17(27)12-23/h1-3,6-7,14-16H,4-5,8-12,22-23H2,(H,24,27)(H,25,30)(H,26,31)(H,28,29)(H,32,33)/t14-,15+,16-/m0/s1. The van der Waals surface area contributed by atoms with E-state index in [9.17, 15) is 29.1 Å². The average molecular weight is 466 g/mol. The molecule has 0 aliphatic carbocycles. The summed E-state index contributed by atoms with van der Waals surface area (Å²) in [6.45, 7) is -0.0765. The number of carbonyl (C=O) groups excluding carboxylic acids is 3. The van der Waals surface area contributed by atoms with E-state index in [-0.39, 0.29) is 12.8 Å². The van der Waals surface area contributed by atoms with Gasteiger partial charge >= 0.3 is 11.9 Å². The minimum Gasteiger partial charge on any atom is -0.481 e. The quantitative estimate of drug-likeness (QED) is 0.147. The summed E-state index contributed by atoms with van der Waals surface area (Å²) in [4.78, 5) is 59.9. The van der Waals surface area contributed by atoms with Crippen molar-refractivity contribution in [1.82, 2.24) is 16.0 Å². The van der Waals surface area contributed by atoms with Crippen molar-refractivity contribution >= 4 is 29.7 Å². The predicted octanol–water partition coefficient (Wildman–Crippen LogP) is -1.67. The molecule has 1 aromatic carbocycles. The largest absolute Gasteiger partial charge is 0.481 e. The van der Waals surface area contributed by atoms with Gasteiger partial charge in [0.05, 0.1) is 13.0 Å². The topological polar surface area (TPSA) is 214 Å². The molecule has 3 amide bonds. The van der Waals surface area contributed by atoms with E-state index in [2.05, 4.69) is 16.0 Å². The first-order chi connectivity index (χ1) is 15.7. The fourth-order valence-electron chi connectivity index (χ4n) is 2.99. The lowest BCUT2D eigenvalue weighted by molar-refractivity contribution is -0.143. The molecule has 0 aliphatic heterocycles. The zero-order valence-electron chi connectivity index (χ0n) is 18.2. The highest BCUT2D eigenvalue weighted by Gasteiger charge is 2.30. The van der Waals surface area contributed by atoms with E-state index in [0.29, 0.717) is 24.9 Å². The van der Waals surface area contributed by atoms with Crippen molar-refractivity contribution in [3.63, 3.8) is 0 Å². The van der Waals surface area contributed by atoms with Crippen LogP contribution in [0.4, 0.5) is 0 Å². The fraction of sp³-hybridized carbons (Fsp3) is 0.476. The Morgan fingerprint density at radius 2 is 1.42 bits per heavy atom. The van der Waals surface area contributed by atoms with E-state index in [4.69, 9.17) is 16.6 Å². The van der Waals surface area contributed by atoms with Gasteiger partial charge < -0.3 is 37.6 Å². The second kappa shape index (κ2) is 14.5. The van der Waals surface area contributed by atoms with Gasteiger partial charge in [-0.15, -0.1) is 0 Å². The van der Waals surface area contributed by atoms with Gasteiger partial charge in [0, 0.05) is 6.42 Å². The van der Waals surface area contributed by atoms with Crippen LogP contribution in [0, 0.1) is 0 Å². The van der Waals surface area contributed by atoms with Gasteiger partial charge in [-0.1, -0.05) is 30.3 Å². The maximum atomic E-state index is 12.9. The molecule has 0 spiro atoms. The molecule has 1 rings (SSSR count). The van der Waals surface area contributed by atoms with Crippen molar-refractivity contribution in [3.8, 4) is 0 Å². The van der Waals surface area contributed by atoms with Gasteiger partial charge in [0.1, 0.15) is 18.1 Å². The normalized spacial score (nSPS) is 13.3. The van der Waals surface area contributed by atoms with Gasteiger partial charge in [0.2, 0.25) is 17.7 Å². The van der Waals surface area contributed by atoms with Crippen LogP contribution in [-0.2, 0) is 30.4 Å². The third-order valence-corrected chi connectivity index (χ3v) is 4.69. The molecule has 0 saturated carbocycles. The predicted molar refractivity (Wildman–Crippen MR) is 118 cm³/mol. The summed E-state index contributed by atoms with van der Waals surface area (Å²) in [6.07, 6.45) is 0.502. The van der Waals surface area contributed by atoms with Gasteiger partial charge in [-0.3, -0.25) is 19.2 Å². The van der Waals surface area contributed by atoms with Crippen molar-refractivity contribution in [2.75, 3.05) is 13.1 Å². The molecule has 0 bridgehead atoms. The molecule has 1 aromatic rings. The van der Waals surface area contributed by atoms with Crippen molar-refractivity contribution in [3.05, 3.63) is 35.9 Å². The third-order valence-electron chi connectivity index (χ3n) is 4.69. The van der Waals surface area contributed by atoms with E-state index in [1.165, 1.54) is 0 Å². The molecule has 182 valence electrons. The highest BCUT2D eigenvalue weighted by Crippen LogP contribution is 2.07. The second-order valence-electron chi connectivity index (χ2n) is 7.36. The van der Waals surface area contributed by atoms with Crippen LogP contribution in [0.3, 0.4) is 0 Å². The lowest BCUT2D eigenvalue weighted by atomic mass is 10.0. The molecule has 12 nitrogen and oxygen atoms in total. The van der Waals surface area contributed by atoms with Crippen LogP contribution in [0.1, 0.15) is 31.2 Å². The molecule has 0 aliphatic rings. The molecular formula is C21H31N5O7. The van der Waals surface area contributed by atoms with E-state index in [0.717, 1.165) is 0 Å². The molecule has 9 N–H and O–H groups in total. The number of nitrogens with one attached hydrogen (secondary N) is 3. The van der Waals surface area contributed by atoms with Crippen LogP contribution in [0.25, 0.3) is 0 Å². The Morgan fingerprint density at radius 3 is 1.97 bits per heavy atom. The fourth-order valence-corrected chi connectivity index (χ4v) is 2.99. The minimum absolute atomic E-state index is 0.0121. The Labute approximate surface area is 191 Å². The minimum atomic E-state index is -1.47. The number of aliphatic carboxylic acids is 2. The number of carboxylic acid groups (broad SMARTS) is 2. The summed E-state index contributed by atoms with van der Waals surface area (Å²) in [5, 5.41) is 25.5. The first-order valence-electron chi connectivity index (χ1n) is 10.5. The number of carboxylic acids is 2. The van der Waals surface area contributed by atoms with Crippen molar-refractivity contribution in [2.24, 2.45) is 11.5 Å². The van der Waals surface area contributed by atoms with Crippen molar-refractivity contribution in [1.29, 1.82) is 0 Å². The first-order valence-corrected chi connectivity index (χ1v) is 10.5. The lowest BCUT2D eigenvalue weighted by Crippen LogP contribution is -2.57. The number of rotatable bonds is 15. The Balaban J connectivity index is 3.05. The van der Waals surface area contributed by atoms with E-state index in [1.54, 1.807) is 30.3 Å². The Morgan fingerprint density at radius 1 is 0.818 bits per heavy atom. The molecular weight excluding hydrogens is 434 g/mol. The summed E-state index contributed by atoms with van der Waals surface area (Å²) in [6, 6.07) is 4.78. The summed E-state index contributed by atoms with van der Waals surface area (Å²) in [5.41, 5.74) is 11.3. The van der Waals surface area contributed by atoms with Crippen LogP contribution in [-0.4, -0.2) is 71.1 Å². The SMILES string of the molecule is NCCCC[C@H](NC(=O)[C@@H](Cc1ccccc1)NC(=O)[C@H](CC(=O)O)NC(=O)CN)C(=O)O. The highest BCUT2D eigenvalue weighted by molar-refractivity contribution is 5.95. The van der Waals surface area contributed by atoms with E-state index >= 15 is 0 Å². The van der Waals surface area contributed by atoms with Crippen LogP contribution in [0.15, 0.2) is 30.3 Å². The molecule has 0 heterocycles. The first kappa shape index (κ1) is 27.5. The van der Waals surface area contributed by atoms with E-state index < -0.39 is 60.8 Å². The van der Waals surface area contributed by atoms with E-state index in [1.807, 2.05) is 0 Å². The zero-order chi connectivity index (χ0) is 24.8. The number of unbranched alkanes of at least 4 members (excludes halogenated alkanes) is 1. The summed E-state index contributed by atoms with van der Waals surface area (Å²) >= 11 is 0. The van der Waals surface area contributed by atoms with Crippen LogP contribution >= 0.6 is 0 Å². The van der Waals surface area contributed by atoms with Crippen molar-refractivity contribution in [2.45, 2.75) is 50.2 Å². The second-order valence-corrected chi connectivity index (χ2v) is 7.36. The van der Waals surface area contributed by atoms with Gasteiger partial charge in [0.15, 0.2) is 0 Å². The summed E-state index contributed by atoms with van der Waals surface area (Å²) < 4.78 is 0.